The molecule has 1 aliphatic rings. The molecular weight excluding hydrogens is 717 g/mol. The number of quaternary nitrogens is 1. The number of rotatable bonds is 40. The number of ether oxygens (including phenoxy) is 3. The Balaban J connectivity index is 2.27. The summed E-state index contributed by atoms with van der Waals surface area (Å²) in [7, 11) is 1.15. The van der Waals surface area contributed by atoms with Crippen LogP contribution in [0, 0.1) is 0 Å². The van der Waals surface area contributed by atoms with Gasteiger partial charge >= 0.3 is 11.9 Å². The number of phosphoric acid groups is 1. The quantitative estimate of drug-likeness (QED) is 0.0149. The molecule has 0 aliphatic carbocycles. The Morgan fingerprint density at radius 2 is 1.16 bits per heavy atom. The Hall–Kier alpha value is -1.29. The predicted molar refractivity (Wildman–Crippen MR) is 222 cm³/mol. The molecule has 55 heavy (non-hydrogen) atoms. The molecule has 324 valence electrons. The van der Waals surface area contributed by atoms with Crippen LogP contribution in [0.1, 0.15) is 194 Å². The molecule has 11 heteroatoms. The monoisotopic (exact) mass is 802 g/mol. The molecule has 3 unspecified atom stereocenters. The van der Waals surface area contributed by atoms with Gasteiger partial charge in [-0.25, -0.2) is 0 Å². The van der Waals surface area contributed by atoms with E-state index in [0.717, 1.165) is 64.2 Å². The Bertz CT molecular complexity index is 1020. The van der Waals surface area contributed by atoms with Crippen molar-refractivity contribution in [3.05, 3.63) is 12.2 Å². The molecule has 0 bridgehead atoms. The molecule has 1 aliphatic heterocycles. The number of esters is 2. The van der Waals surface area contributed by atoms with E-state index in [1.165, 1.54) is 96.3 Å². The zero-order chi connectivity index (χ0) is 40.5. The maximum Gasteiger partial charge on any atom is 0.306 e. The standard InChI is InChI=1S/C44H84NO9P/c1-6-8-10-12-14-15-16-17-18-19-20-21-22-26-30-34-43(46)50-38-40(39-52-55(48,49)51-37-36-45(3,4)5)53-44(47)35-31-27-23-25-29-33-42-41(54-42)32-28-24-13-11-9-7-2/h24,28,40-42H,6-23,25-27,29-39H2,1-5H3/b28-24-/t40-,41?,42?/m1/s1. The van der Waals surface area contributed by atoms with Crippen LogP contribution in [0.2, 0.25) is 0 Å². The average Bonchev–Trinajstić information content (AvgIpc) is 3.89. The van der Waals surface area contributed by atoms with E-state index < -0.39 is 26.5 Å². The fourth-order valence-electron chi connectivity index (χ4n) is 6.54. The van der Waals surface area contributed by atoms with Crippen LogP contribution in [-0.4, -0.2) is 82.2 Å². The molecule has 0 spiro atoms. The first-order valence-electron chi connectivity index (χ1n) is 22.5. The number of carbonyl (C=O) groups is 2. The Kier molecular flexibility index (Phi) is 31.7. The van der Waals surface area contributed by atoms with Gasteiger partial charge in [-0.15, -0.1) is 0 Å². The lowest BCUT2D eigenvalue weighted by atomic mass is 10.0. The van der Waals surface area contributed by atoms with Crippen molar-refractivity contribution in [2.45, 2.75) is 212 Å². The van der Waals surface area contributed by atoms with E-state index in [0.29, 0.717) is 29.7 Å². The van der Waals surface area contributed by atoms with Crippen LogP contribution in [0.5, 0.6) is 0 Å². The van der Waals surface area contributed by atoms with Crippen molar-refractivity contribution >= 4 is 19.8 Å². The fraction of sp³-hybridized carbons (Fsp3) is 0.909. The minimum atomic E-state index is -4.63. The van der Waals surface area contributed by atoms with Gasteiger partial charge < -0.3 is 32.6 Å². The van der Waals surface area contributed by atoms with Gasteiger partial charge in [0.05, 0.1) is 40.0 Å². The first-order chi connectivity index (χ1) is 26.5. The van der Waals surface area contributed by atoms with E-state index in [2.05, 4.69) is 26.0 Å². The molecule has 0 aromatic carbocycles. The number of carbonyl (C=O) groups excluding carboxylic acids is 2. The first-order valence-corrected chi connectivity index (χ1v) is 24.0. The van der Waals surface area contributed by atoms with Crippen molar-refractivity contribution < 1.29 is 46.8 Å². The van der Waals surface area contributed by atoms with Gasteiger partial charge in [0.25, 0.3) is 7.82 Å². The minimum absolute atomic E-state index is 0.0340. The summed E-state index contributed by atoms with van der Waals surface area (Å²) in [4.78, 5) is 37.6. The number of nitrogens with zero attached hydrogens (tertiary/aromatic N) is 1. The van der Waals surface area contributed by atoms with Crippen LogP contribution in [0.4, 0.5) is 0 Å². The largest absolute Gasteiger partial charge is 0.756 e. The third-order valence-corrected chi connectivity index (χ3v) is 11.2. The molecular formula is C44H84NO9P. The summed E-state index contributed by atoms with van der Waals surface area (Å²) in [5, 5.41) is 0. The van der Waals surface area contributed by atoms with Gasteiger partial charge in [-0.05, 0) is 38.5 Å². The number of hydrogen-bond acceptors (Lipinski definition) is 9. The summed E-state index contributed by atoms with van der Waals surface area (Å²) in [5.41, 5.74) is 0. The second-order valence-electron chi connectivity index (χ2n) is 16.8. The SMILES string of the molecule is CCCCC/C=C\CC1OC1CCCCCCCC(=O)O[C@H](COC(=O)CCCCCCCCCCCCCCCCC)COP(=O)([O-])OCC[N+](C)(C)C. The number of epoxide rings is 1. The van der Waals surface area contributed by atoms with Gasteiger partial charge in [-0.3, -0.25) is 14.2 Å². The second-order valence-corrected chi connectivity index (χ2v) is 18.2. The number of likely N-dealkylation sites (N-methyl/N-ethyl adjacent to an activating group) is 1. The summed E-state index contributed by atoms with van der Waals surface area (Å²) in [5.74, 6) is -0.849. The van der Waals surface area contributed by atoms with Gasteiger partial charge in [0.15, 0.2) is 6.10 Å². The summed E-state index contributed by atoms with van der Waals surface area (Å²) in [6, 6.07) is 0. The van der Waals surface area contributed by atoms with Crippen LogP contribution >= 0.6 is 7.82 Å². The molecule has 0 aromatic heterocycles. The Morgan fingerprint density at radius 3 is 1.73 bits per heavy atom. The van der Waals surface area contributed by atoms with E-state index in [4.69, 9.17) is 23.3 Å². The van der Waals surface area contributed by atoms with Gasteiger partial charge in [0, 0.05) is 12.8 Å². The van der Waals surface area contributed by atoms with Gasteiger partial charge in [-0.1, -0.05) is 154 Å². The van der Waals surface area contributed by atoms with Crippen LogP contribution < -0.4 is 4.89 Å². The minimum Gasteiger partial charge on any atom is -0.756 e. The normalized spacial score (nSPS) is 17.3. The van der Waals surface area contributed by atoms with Gasteiger partial charge in [0.1, 0.15) is 19.8 Å². The van der Waals surface area contributed by atoms with Crippen LogP contribution in [0.15, 0.2) is 12.2 Å². The van der Waals surface area contributed by atoms with Crippen molar-refractivity contribution in [3.8, 4) is 0 Å². The average molecular weight is 802 g/mol. The summed E-state index contributed by atoms with van der Waals surface area (Å²) in [6.45, 7) is 4.19. The van der Waals surface area contributed by atoms with Gasteiger partial charge in [0.2, 0.25) is 0 Å². The number of unbranched alkanes of at least 4 members (excludes halogenated alkanes) is 21. The third kappa shape index (κ3) is 34.5. The molecule has 4 atom stereocenters. The van der Waals surface area contributed by atoms with Crippen LogP contribution in [0.3, 0.4) is 0 Å². The van der Waals surface area contributed by atoms with Crippen molar-refractivity contribution in [2.75, 3.05) is 47.5 Å². The Morgan fingerprint density at radius 1 is 0.655 bits per heavy atom. The number of phosphoric ester groups is 1. The zero-order valence-corrected chi connectivity index (χ0v) is 37.0. The highest BCUT2D eigenvalue weighted by Crippen LogP contribution is 2.38. The predicted octanol–water partition coefficient (Wildman–Crippen LogP) is 10.9. The van der Waals surface area contributed by atoms with E-state index in [1.54, 1.807) is 0 Å². The highest BCUT2D eigenvalue weighted by molar-refractivity contribution is 7.45. The highest BCUT2D eigenvalue weighted by atomic mass is 31.2. The van der Waals surface area contributed by atoms with Crippen molar-refractivity contribution in [1.82, 2.24) is 0 Å². The topological polar surface area (TPSA) is 124 Å². The number of allylic oxidation sites excluding steroid dienone is 1. The van der Waals surface area contributed by atoms with Crippen molar-refractivity contribution in [2.24, 2.45) is 0 Å². The molecule has 0 saturated carbocycles. The van der Waals surface area contributed by atoms with Crippen LogP contribution in [0.25, 0.3) is 0 Å². The summed E-state index contributed by atoms with van der Waals surface area (Å²) in [6.07, 6.45) is 35.3. The molecule has 1 fully saturated rings. The van der Waals surface area contributed by atoms with Gasteiger partial charge in [-0.2, -0.15) is 0 Å². The molecule has 1 heterocycles. The summed E-state index contributed by atoms with van der Waals surface area (Å²) >= 11 is 0. The molecule has 0 N–H and O–H groups in total. The van der Waals surface area contributed by atoms with Crippen molar-refractivity contribution in [1.29, 1.82) is 0 Å². The third-order valence-electron chi connectivity index (χ3n) is 10.2. The zero-order valence-electron chi connectivity index (χ0n) is 36.1. The van der Waals surface area contributed by atoms with E-state index in [1.807, 2.05) is 21.1 Å². The first kappa shape index (κ1) is 51.7. The second kappa shape index (κ2) is 33.7. The van der Waals surface area contributed by atoms with E-state index in [-0.39, 0.29) is 32.0 Å². The molecule has 1 saturated heterocycles. The van der Waals surface area contributed by atoms with E-state index >= 15 is 0 Å². The highest BCUT2D eigenvalue weighted by Gasteiger charge is 2.36. The Labute approximate surface area is 337 Å². The molecule has 0 aromatic rings. The lowest BCUT2D eigenvalue weighted by Crippen LogP contribution is -2.37. The lowest BCUT2D eigenvalue weighted by molar-refractivity contribution is -0.870. The lowest BCUT2D eigenvalue weighted by Gasteiger charge is -2.28. The van der Waals surface area contributed by atoms with Crippen molar-refractivity contribution in [3.63, 3.8) is 0 Å². The molecule has 1 rings (SSSR count). The molecule has 10 nitrogen and oxygen atoms in total. The maximum absolute atomic E-state index is 12.7. The fourth-order valence-corrected chi connectivity index (χ4v) is 7.27. The summed E-state index contributed by atoms with van der Waals surface area (Å²) < 4.78 is 39.7. The number of hydrogen-bond donors (Lipinski definition) is 0. The van der Waals surface area contributed by atoms with E-state index in [9.17, 15) is 19.0 Å². The molecule has 0 radical (unpaired) electrons. The molecule has 0 amide bonds. The maximum atomic E-state index is 12.7. The van der Waals surface area contributed by atoms with Crippen LogP contribution in [-0.2, 0) is 37.4 Å². The smallest absolute Gasteiger partial charge is 0.306 e.